The predicted molar refractivity (Wildman–Crippen MR) is 68.4 cm³/mol. The molecule has 0 fully saturated rings. The van der Waals surface area contributed by atoms with Crippen LogP contribution in [-0.2, 0) is 6.61 Å². The SMILES string of the molecule is COc1ccccc1OCc1c[c-]ccc1.[Br-].[Mg+2]. The molecule has 2 rings (SSSR count). The molecule has 0 aliphatic carbocycles. The molecular weight excluding hydrogens is 304 g/mol. The molecule has 0 spiro atoms. The maximum Gasteiger partial charge on any atom is 2.00 e. The van der Waals surface area contributed by atoms with Gasteiger partial charge in [-0.3, -0.25) is 0 Å². The van der Waals surface area contributed by atoms with E-state index in [4.69, 9.17) is 9.47 Å². The van der Waals surface area contributed by atoms with Crippen molar-refractivity contribution in [1.29, 1.82) is 0 Å². The van der Waals surface area contributed by atoms with Gasteiger partial charge in [0.05, 0.1) is 13.7 Å². The number of hydrogen-bond donors (Lipinski definition) is 0. The Morgan fingerprint density at radius 2 is 1.78 bits per heavy atom. The van der Waals surface area contributed by atoms with E-state index in [0.717, 1.165) is 17.1 Å². The summed E-state index contributed by atoms with van der Waals surface area (Å²) < 4.78 is 10.9. The van der Waals surface area contributed by atoms with E-state index in [1.165, 1.54) is 0 Å². The average Bonchev–Trinajstić information content (AvgIpc) is 2.38. The first-order valence-electron chi connectivity index (χ1n) is 5.11. The fraction of sp³-hybridized carbons (Fsp3) is 0.143. The Balaban J connectivity index is 0.00000144. The fourth-order valence-corrected chi connectivity index (χ4v) is 1.42. The van der Waals surface area contributed by atoms with Crippen LogP contribution in [0.5, 0.6) is 11.5 Å². The molecule has 0 bridgehead atoms. The molecule has 0 heterocycles. The van der Waals surface area contributed by atoms with Gasteiger partial charge in [0.2, 0.25) is 0 Å². The molecule has 0 amide bonds. The minimum Gasteiger partial charge on any atom is -1.00 e. The van der Waals surface area contributed by atoms with Gasteiger partial charge in [-0.2, -0.15) is 30.3 Å². The number of para-hydroxylation sites is 2. The van der Waals surface area contributed by atoms with Crippen LogP contribution >= 0.6 is 0 Å². The van der Waals surface area contributed by atoms with E-state index < -0.39 is 0 Å². The zero-order valence-electron chi connectivity index (χ0n) is 10.2. The van der Waals surface area contributed by atoms with Crippen LogP contribution in [0.4, 0.5) is 0 Å². The van der Waals surface area contributed by atoms with Crippen LogP contribution in [0, 0.1) is 6.07 Å². The maximum absolute atomic E-state index is 5.67. The second kappa shape index (κ2) is 9.25. The standard InChI is InChI=1S/C14H13O2.BrH.Mg/c1-15-13-9-5-6-10-14(13)16-11-12-7-3-2-4-8-12;;/h2-3,5-10H,11H2,1H3;1H;/q-1;;+2/p-1. The number of rotatable bonds is 4. The van der Waals surface area contributed by atoms with Crippen molar-refractivity contribution in [2.75, 3.05) is 7.11 Å². The molecule has 0 radical (unpaired) electrons. The van der Waals surface area contributed by atoms with Gasteiger partial charge in [-0.1, -0.05) is 12.1 Å². The van der Waals surface area contributed by atoms with Crippen molar-refractivity contribution < 1.29 is 26.5 Å². The van der Waals surface area contributed by atoms with Gasteiger partial charge in [-0.05, 0) is 12.1 Å². The molecular formula is C14H13BrMgO2. The van der Waals surface area contributed by atoms with Gasteiger partial charge in [0, 0.05) is 0 Å². The van der Waals surface area contributed by atoms with Gasteiger partial charge in [0.1, 0.15) is 0 Å². The summed E-state index contributed by atoms with van der Waals surface area (Å²) in [5.41, 5.74) is 1.09. The van der Waals surface area contributed by atoms with Gasteiger partial charge in [-0.25, -0.2) is 0 Å². The molecule has 2 aromatic carbocycles. The molecule has 0 unspecified atom stereocenters. The van der Waals surface area contributed by atoms with E-state index in [1.54, 1.807) is 7.11 Å². The van der Waals surface area contributed by atoms with Crippen LogP contribution in [0.2, 0.25) is 0 Å². The summed E-state index contributed by atoms with van der Waals surface area (Å²) in [4.78, 5) is 0. The molecule has 0 atom stereocenters. The van der Waals surface area contributed by atoms with Crippen molar-refractivity contribution in [3.63, 3.8) is 0 Å². The van der Waals surface area contributed by atoms with E-state index in [9.17, 15) is 0 Å². The summed E-state index contributed by atoms with van der Waals surface area (Å²) in [5, 5.41) is 0. The molecule has 0 aliphatic rings. The van der Waals surface area contributed by atoms with Gasteiger partial charge in [0.25, 0.3) is 0 Å². The predicted octanol–water partition coefficient (Wildman–Crippen LogP) is -0.302. The number of methoxy groups -OCH3 is 1. The van der Waals surface area contributed by atoms with Gasteiger partial charge in [-0.15, -0.1) is 5.56 Å². The van der Waals surface area contributed by atoms with Crippen molar-refractivity contribution in [1.82, 2.24) is 0 Å². The quantitative estimate of drug-likeness (QED) is 0.569. The van der Waals surface area contributed by atoms with Gasteiger partial charge >= 0.3 is 23.1 Å². The van der Waals surface area contributed by atoms with Crippen molar-refractivity contribution in [2.24, 2.45) is 0 Å². The van der Waals surface area contributed by atoms with Crippen molar-refractivity contribution >= 4 is 23.1 Å². The Kier molecular flexibility index (Phi) is 8.88. The Hall–Kier alpha value is -0.714. The molecule has 0 aliphatic heterocycles. The summed E-state index contributed by atoms with van der Waals surface area (Å²) in [6, 6.07) is 18.4. The van der Waals surface area contributed by atoms with E-state index in [-0.39, 0.29) is 40.0 Å². The minimum absolute atomic E-state index is 0. The number of halogens is 1. The second-order valence-electron chi connectivity index (χ2n) is 3.35. The van der Waals surface area contributed by atoms with Gasteiger partial charge in [0.15, 0.2) is 11.5 Å². The van der Waals surface area contributed by atoms with Crippen LogP contribution in [-0.4, -0.2) is 30.2 Å². The zero-order chi connectivity index (χ0) is 11.2. The average molecular weight is 317 g/mol. The van der Waals surface area contributed by atoms with Crippen LogP contribution in [0.1, 0.15) is 5.56 Å². The van der Waals surface area contributed by atoms with Crippen molar-refractivity contribution in [3.05, 3.63) is 60.2 Å². The normalized spacial score (nSPS) is 8.72. The summed E-state index contributed by atoms with van der Waals surface area (Å²) in [5.74, 6) is 1.51. The monoisotopic (exact) mass is 316 g/mol. The number of ether oxygens (including phenoxy) is 2. The molecule has 0 aromatic heterocycles. The van der Waals surface area contributed by atoms with E-state index in [2.05, 4.69) is 6.07 Å². The van der Waals surface area contributed by atoms with E-state index in [0.29, 0.717) is 6.61 Å². The maximum atomic E-state index is 5.67. The third-order valence-corrected chi connectivity index (χ3v) is 2.23. The smallest absolute Gasteiger partial charge is 1.00 e. The molecule has 2 nitrogen and oxygen atoms in total. The van der Waals surface area contributed by atoms with E-state index in [1.807, 2.05) is 48.5 Å². The van der Waals surface area contributed by atoms with Crippen LogP contribution in [0.15, 0.2) is 48.5 Å². The fourth-order valence-electron chi connectivity index (χ4n) is 1.42. The van der Waals surface area contributed by atoms with Crippen LogP contribution in [0.25, 0.3) is 0 Å². The first-order valence-corrected chi connectivity index (χ1v) is 5.11. The molecule has 0 saturated carbocycles. The molecule has 4 heteroatoms. The van der Waals surface area contributed by atoms with Crippen molar-refractivity contribution in [2.45, 2.75) is 6.61 Å². The Bertz CT molecular complexity index is 449. The number of benzene rings is 2. The summed E-state index contributed by atoms with van der Waals surface area (Å²) in [6.07, 6.45) is 0. The first kappa shape index (κ1) is 17.3. The molecule has 0 N–H and O–H groups in total. The molecule has 90 valence electrons. The Labute approximate surface area is 134 Å². The topological polar surface area (TPSA) is 18.5 Å². The van der Waals surface area contributed by atoms with Crippen LogP contribution < -0.4 is 26.5 Å². The summed E-state index contributed by atoms with van der Waals surface area (Å²) in [6.45, 7) is 0.526. The third-order valence-electron chi connectivity index (χ3n) is 2.23. The second-order valence-corrected chi connectivity index (χ2v) is 3.35. The summed E-state index contributed by atoms with van der Waals surface area (Å²) in [7, 11) is 1.64. The molecule has 2 aromatic rings. The van der Waals surface area contributed by atoms with Gasteiger partial charge < -0.3 is 26.5 Å². The third kappa shape index (κ3) is 4.88. The summed E-state index contributed by atoms with van der Waals surface area (Å²) >= 11 is 0. The van der Waals surface area contributed by atoms with Crippen LogP contribution in [0.3, 0.4) is 0 Å². The van der Waals surface area contributed by atoms with Crippen molar-refractivity contribution in [3.8, 4) is 11.5 Å². The minimum atomic E-state index is 0. The number of hydrogen-bond acceptors (Lipinski definition) is 2. The largest absolute Gasteiger partial charge is 2.00 e. The Morgan fingerprint density at radius 3 is 2.39 bits per heavy atom. The zero-order valence-corrected chi connectivity index (χ0v) is 13.2. The Morgan fingerprint density at radius 1 is 1.06 bits per heavy atom. The molecule has 0 saturated heterocycles. The van der Waals surface area contributed by atoms with E-state index >= 15 is 0 Å². The first-order chi connectivity index (χ1) is 7.90. The molecule has 18 heavy (non-hydrogen) atoms.